The van der Waals surface area contributed by atoms with Crippen molar-refractivity contribution in [2.75, 3.05) is 12.8 Å². The third-order valence-corrected chi connectivity index (χ3v) is 5.03. The van der Waals surface area contributed by atoms with Gasteiger partial charge < -0.3 is 5.11 Å². The molecule has 0 saturated carbocycles. The predicted octanol–water partition coefficient (Wildman–Crippen LogP) is 2.14. The van der Waals surface area contributed by atoms with Crippen molar-refractivity contribution in [1.82, 2.24) is 4.31 Å². The van der Waals surface area contributed by atoms with E-state index in [1.165, 1.54) is 6.26 Å². The number of phenols is 1. The summed E-state index contributed by atoms with van der Waals surface area (Å²) in [4.78, 5) is 0. The topological polar surface area (TPSA) is 57.6 Å². The maximum atomic E-state index is 11.7. The molecule has 4 nitrogen and oxygen atoms in total. The Morgan fingerprint density at radius 3 is 2.58 bits per heavy atom. The number of phenolic OH excluding ortho intramolecular Hbond substituents is 1. The quantitative estimate of drug-likeness (QED) is 0.921. The molecule has 0 aromatic heterocycles. The number of nitrogens with zero attached hydrogens (tertiary/aromatic N) is 1. The summed E-state index contributed by atoms with van der Waals surface area (Å²) in [5, 5.41) is 9.23. The Labute approximate surface area is 115 Å². The Morgan fingerprint density at radius 2 is 1.95 bits per heavy atom. The highest BCUT2D eigenvalue weighted by Gasteiger charge is 2.28. The molecule has 0 bridgehead atoms. The van der Waals surface area contributed by atoms with Crippen molar-refractivity contribution < 1.29 is 13.5 Å². The summed E-state index contributed by atoms with van der Waals surface area (Å²) in [5.74, 6) is 0.263. The Balaban J connectivity index is 1.98. The molecule has 106 valence electrons. The van der Waals surface area contributed by atoms with Gasteiger partial charge in [-0.1, -0.05) is 18.6 Å². The highest BCUT2D eigenvalue weighted by atomic mass is 32.2. The number of hydrogen-bond acceptors (Lipinski definition) is 3. The molecule has 1 heterocycles. The molecule has 1 aliphatic rings. The number of rotatable bonds is 4. The summed E-state index contributed by atoms with van der Waals surface area (Å²) < 4.78 is 25.1. The van der Waals surface area contributed by atoms with Gasteiger partial charge in [-0.15, -0.1) is 0 Å². The van der Waals surface area contributed by atoms with Crippen molar-refractivity contribution >= 4 is 10.0 Å². The van der Waals surface area contributed by atoms with Crippen LogP contribution in [0.3, 0.4) is 0 Å². The van der Waals surface area contributed by atoms with E-state index in [-0.39, 0.29) is 11.8 Å². The molecule has 19 heavy (non-hydrogen) atoms. The Bertz CT molecular complexity index is 510. The summed E-state index contributed by atoms with van der Waals surface area (Å²) in [6, 6.07) is 7.25. The predicted molar refractivity (Wildman–Crippen MR) is 75.6 cm³/mol. The number of hydrogen-bond donors (Lipinski definition) is 1. The molecule has 1 aliphatic heterocycles. The van der Waals surface area contributed by atoms with Crippen molar-refractivity contribution in [3.8, 4) is 5.75 Å². The van der Waals surface area contributed by atoms with Gasteiger partial charge >= 0.3 is 0 Å². The highest BCUT2D eigenvalue weighted by molar-refractivity contribution is 7.88. The molecule has 5 heteroatoms. The van der Waals surface area contributed by atoms with E-state index in [0.717, 1.165) is 37.7 Å². The monoisotopic (exact) mass is 283 g/mol. The molecule has 0 aliphatic carbocycles. The van der Waals surface area contributed by atoms with E-state index in [9.17, 15) is 13.5 Å². The Hall–Kier alpha value is -1.07. The van der Waals surface area contributed by atoms with E-state index in [0.29, 0.717) is 6.54 Å². The summed E-state index contributed by atoms with van der Waals surface area (Å²) in [7, 11) is -3.09. The van der Waals surface area contributed by atoms with Crippen LogP contribution in [0.1, 0.15) is 31.2 Å². The Kier molecular flexibility index (Phi) is 4.47. The second-order valence-corrected chi connectivity index (χ2v) is 7.16. The molecule has 1 aromatic rings. The first kappa shape index (κ1) is 14.3. The van der Waals surface area contributed by atoms with Crippen LogP contribution in [0.4, 0.5) is 0 Å². The fraction of sp³-hybridized carbons (Fsp3) is 0.571. The van der Waals surface area contributed by atoms with Crippen LogP contribution in [0.15, 0.2) is 24.3 Å². The SMILES string of the molecule is CS(=O)(=O)N1CCCCC1CCc1ccc(O)cc1. The fourth-order valence-electron chi connectivity index (χ4n) is 2.70. The Morgan fingerprint density at radius 1 is 1.26 bits per heavy atom. The van der Waals surface area contributed by atoms with Crippen LogP contribution in [0.5, 0.6) is 5.75 Å². The van der Waals surface area contributed by atoms with Crippen molar-refractivity contribution in [1.29, 1.82) is 0 Å². The number of piperidine rings is 1. The van der Waals surface area contributed by atoms with E-state index in [1.54, 1.807) is 16.4 Å². The third kappa shape index (κ3) is 3.94. The lowest BCUT2D eigenvalue weighted by Gasteiger charge is -2.33. The van der Waals surface area contributed by atoms with E-state index in [4.69, 9.17) is 0 Å². The first-order valence-corrected chi connectivity index (χ1v) is 8.56. The summed E-state index contributed by atoms with van der Waals surface area (Å²) >= 11 is 0. The number of benzene rings is 1. The van der Waals surface area contributed by atoms with Crippen LogP contribution in [0.2, 0.25) is 0 Å². The van der Waals surface area contributed by atoms with Gasteiger partial charge in [-0.05, 0) is 43.4 Å². The number of sulfonamides is 1. The molecule has 1 N–H and O–H groups in total. The molecule has 0 radical (unpaired) electrons. The lowest BCUT2D eigenvalue weighted by atomic mass is 9.98. The number of aromatic hydroxyl groups is 1. The van der Waals surface area contributed by atoms with Crippen molar-refractivity contribution in [3.63, 3.8) is 0 Å². The van der Waals surface area contributed by atoms with E-state index < -0.39 is 10.0 Å². The zero-order valence-electron chi connectivity index (χ0n) is 11.2. The smallest absolute Gasteiger partial charge is 0.211 e. The van der Waals surface area contributed by atoms with Crippen LogP contribution in [-0.4, -0.2) is 36.7 Å². The van der Waals surface area contributed by atoms with Crippen LogP contribution in [0.25, 0.3) is 0 Å². The first-order valence-electron chi connectivity index (χ1n) is 6.71. The van der Waals surface area contributed by atoms with Crippen LogP contribution < -0.4 is 0 Å². The minimum atomic E-state index is -3.09. The lowest BCUT2D eigenvalue weighted by molar-refractivity contribution is 0.242. The second kappa shape index (κ2) is 5.92. The van der Waals surface area contributed by atoms with E-state index in [2.05, 4.69) is 0 Å². The summed E-state index contributed by atoms with van der Waals surface area (Å²) in [5.41, 5.74) is 1.14. The van der Waals surface area contributed by atoms with Crippen LogP contribution in [-0.2, 0) is 16.4 Å². The average molecular weight is 283 g/mol. The number of aryl methyl sites for hydroxylation is 1. The average Bonchev–Trinajstić information content (AvgIpc) is 2.37. The zero-order chi connectivity index (χ0) is 13.9. The molecule has 0 amide bonds. The maximum absolute atomic E-state index is 11.7. The van der Waals surface area contributed by atoms with Crippen molar-refractivity contribution in [2.24, 2.45) is 0 Å². The van der Waals surface area contributed by atoms with Gasteiger partial charge in [0.15, 0.2) is 0 Å². The summed E-state index contributed by atoms with van der Waals surface area (Å²) in [6.07, 6.45) is 6.00. The molecule has 1 fully saturated rings. The minimum absolute atomic E-state index is 0.123. The van der Waals surface area contributed by atoms with Gasteiger partial charge in [0.05, 0.1) is 6.26 Å². The third-order valence-electron chi connectivity index (χ3n) is 3.70. The van der Waals surface area contributed by atoms with Gasteiger partial charge in [0.1, 0.15) is 5.75 Å². The van der Waals surface area contributed by atoms with E-state index >= 15 is 0 Å². The fourth-order valence-corrected chi connectivity index (χ4v) is 3.91. The normalized spacial score (nSPS) is 21.4. The van der Waals surface area contributed by atoms with E-state index in [1.807, 2.05) is 12.1 Å². The zero-order valence-corrected chi connectivity index (χ0v) is 12.1. The molecular weight excluding hydrogens is 262 g/mol. The highest BCUT2D eigenvalue weighted by Crippen LogP contribution is 2.24. The van der Waals surface area contributed by atoms with Gasteiger partial charge in [-0.3, -0.25) is 0 Å². The van der Waals surface area contributed by atoms with Gasteiger partial charge in [0.2, 0.25) is 10.0 Å². The lowest BCUT2D eigenvalue weighted by Crippen LogP contribution is -2.43. The van der Waals surface area contributed by atoms with Crippen molar-refractivity contribution in [3.05, 3.63) is 29.8 Å². The minimum Gasteiger partial charge on any atom is -0.508 e. The molecule has 0 spiro atoms. The van der Waals surface area contributed by atoms with Gasteiger partial charge in [-0.25, -0.2) is 8.42 Å². The van der Waals surface area contributed by atoms with Gasteiger partial charge in [0.25, 0.3) is 0 Å². The van der Waals surface area contributed by atoms with Crippen molar-refractivity contribution in [2.45, 2.75) is 38.1 Å². The maximum Gasteiger partial charge on any atom is 0.211 e. The molecule has 1 aromatic carbocycles. The van der Waals surface area contributed by atoms with Crippen LogP contribution in [0, 0.1) is 0 Å². The molecule has 1 unspecified atom stereocenters. The summed E-state index contributed by atoms with van der Waals surface area (Å²) in [6.45, 7) is 0.652. The molecule has 1 saturated heterocycles. The molecular formula is C14H21NO3S. The standard InChI is InChI=1S/C14H21NO3S/c1-19(17,18)15-11-3-2-4-13(15)8-5-12-6-9-14(16)10-7-12/h6-7,9-10,13,16H,2-5,8,11H2,1H3. The second-order valence-electron chi connectivity index (χ2n) is 5.23. The van der Waals surface area contributed by atoms with Gasteiger partial charge in [0, 0.05) is 12.6 Å². The van der Waals surface area contributed by atoms with Crippen LogP contribution >= 0.6 is 0 Å². The molecule has 1 atom stereocenters. The first-order chi connectivity index (χ1) is 8.97. The van der Waals surface area contributed by atoms with Gasteiger partial charge in [-0.2, -0.15) is 4.31 Å². The molecule has 2 rings (SSSR count). The largest absolute Gasteiger partial charge is 0.508 e.